The topological polar surface area (TPSA) is 35.8 Å². The van der Waals surface area contributed by atoms with E-state index in [9.17, 15) is 9.65 Å². The minimum atomic E-state index is -0.388. The molecule has 1 aliphatic heterocycles. The summed E-state index contributed by atoms with van der Waals surface area (Å²) >= 11 is 0. The van der Waals surface area contributed by atoms with Gasteiger partial charge in [0.25, 0.3) is 0 Å². The smallest absolute Gasteiger partial charge is 0.126 e. The van der Waals surface area contributed by atoms with Crippen molar-refractivity contribution in [3.63, 3.8) is 0 Å². The molecule has 0 saturated carbocycles. The Morgan fingerprint density at radius 1 is 1.39 bits per heavy atom. The zero-order chi connectivity index (χ0) is 12.3. The lowest BCUT2D eigenvalue weighted by Crippen LogP contribution is -2.37. The molecule has 1 aromatic rings. The Morgan fingerprint density at radius 2 is 2.06 bits per heavy atom. The molecule has 0 atom stereocenters. The Bertz CT molecular complexity index is 448. The maximum atomic E-state index is 13.8. The Balaban J connectivity index is 0.00000162. The summed E-state index contributed by atoms with van der Waals surface area (Å²) in [5.74, 6) is -0.182. The van der Waals surface area contributed by atoms with Gasteiger partial charge in [0.1, 0.15) is 5.82 Å². The van der Waals surface area contributed by atoms with Crippen molar-refractivity contribution in [3.8, 4) is 6.07 Å². The van der Waals surface area contributed by atoms with Crippen LogP contribution in [0.25, 0.3) is 0 Å². The van der Waals surface area contributed by atoms with Crippen LogP contribution in [0.4, 0.5) is 4.39 Å². The van der Waals surface area contributed by atoms with E-state index in [2.05, 4.69) is 11.4 Å². The van der Waals surface area contributed by atoms with Crippen molar-refractivity contribution >= 4 is 12.4 Å². The number of halogens is 2. The molecule has 0 spiro atoms. The number of piperidine rings is 1. The molecule has 2 rings (SSSR count). The van der Waals surface area contributed by atoms with Crippen molar-refractivity contribution in [2.45, 2.75) is 26.2 Å². The summed E-state index contributed by atoms with van der Waals surface area (Å²) in [6.07, 6.45) is 2.13. The third-order valence-electron chi connectivity index (χ3n) is 3.54. The number of nitrogens with zero attached hydrogens (tertiary/aromatic N) is 1. The van der Waals surface area contributed by atoms with Crippen LogP contribution in [0.3, 0.4) is 0 Å². The van der Waals surface area contributed by atoms with Crippen LogP contribution in [0.15, 0.2) is 18.2 Å². The fourth-order valence-corrected chi connectivity index (χ4v) is 2.39. The van der Waals surface area contributed by atoms with E-state index in [4.69, 9.17) is 0 Å². The average Bonchev–Trinajstić information content (AvgIpc) is 2.34. The van der Waals surface area contributed by atoms with Gasteiger partial charge in [0.05, 0.1) is 11.5 Å². The highest BCUT2D eigenvalue weighted by atomic mass is 35.5. The molecule has 0 aliphatic carbocycles. The van der Waals surface area contributed by atoms with Gasteiger partial charge in [-0.15, -0.1) is 12.4 Å². The van der Waals surface area contributed by atoms with E-state index >= 15 is 0 Å². The zero-order valence-corrected chi connectivity index (χ0v) is 11.3. The van der Waals surface area contributed by atoms with Crippen molar-refractivity contribution < 1.29 is 4.39 Å². The molecule has 1 heterocycles. The monoisotopic (exact) mass is 268 g/mol. The standard InChI is InChI=1S/C14H17FN2.ClH/c1-11-2-3-12(13(15)8-11)9-14(10-16)4-6-17-7-5-14;/h2-3,8,17H,4-7,9H2,1H3;1H. The first kappa shape index (κ1) is 14.9. The predicted octanol–water partition coefficient (Wildman–Crippen LogP) is 2.99. The molecule has 4 heteroatoms. The molecule has 0 radical (unpaired) electrons. The molecule has 0 unspecified atom stereocenters. The first-order valence-electron chi connectivity index (χ1n) is 6.02. The highest BCUT2D eigenvalue weighted by Crippen LogP contribution is 2.32. The van der Waals surface area contributed by atoms with E-state index in [0.29, 0.717) is 12.0 Å². The minimum absolute atomic E-state index is 0. The fraction of sp³-hybridized carbons (Fsp3) is 0.500. The van der Waals surface area contributed by atoms with Crippen LogP contribution < -0.4 is 5.32 Å². The van der Waals surface area contributed by atoms with E-state index in [-0.39, 0.29) is 23.6 Å². The number of benzene rings is 1. The van der Waals surface area contributed by atoms with E-state index in [0.717, 1.165) is 31.5 Å². The van der Waals surface area contributed by atoms with Crippen LogP contribution in [0, 0.1) is 29.5 Å². The van der Waals surface area contributed by atoms with Crippen LogP contribution in [0.5, 0.6) is 0 Å². The Labute approximate surface area is 114 Å². The third kappa shape index (κ3) is 3.22. The number of nitrogens with one attached hydrogen (secondary N) is 1. The Kier molecular flexibility index (Phi) is 5.13. The summed E-state index contributed by atoms with van der Waals surface area (Å²) in [5, 5.41) is 12.6. The van der Waals surface area contributed by atoms with E-state index in [1.807, 2.05) is 19.1 Å². The molecule has 0 amide bonds. The number of rotatable bonds is 2. The van der Waals surface area contributed by atoms with Crippen LogP contribution in [0.1, 0.15) is 24.0 Å². The normalized spacial score (nSPS) is 17.6. The van der Waals surface area contributed by atoms with Gasteiger partial charge < -0.3 is 5.32 Å². The van der Waals surface area contributed by atoms with Gasteiger partial charge in [0.15, 0.2) is 0 Å². The van der Waals surface area contributed by atoms with Gasteiger partial charge >= 0.3 is 0 Å². The Hall–Kier alpha value is -1.11. The molecule has 1 aromatic carbocycles. The molecule has 98 valence electrons. The lowest BCUT2D eigenvalue weighted by molar-refractivity contribution is 0.277. The molecule has 1 fully saturated rings. The van der Waals surface area contributed by atoms with Crippen LogP contribution in [0.2, 0.25) is 0 Å². The van der Waals surface area contributed by atoms with E-state index < -0.39 is 0 Å². The van der Waals surface area contributed by atoms with Gasteiger partial charge in [0.2, 0.25) is 0 Å². The molecular formula is C14H18ClFN2. The number of nitriles is 1. The van der Waals surface area contributed by atoms with Crippen molar-refractivity contribution in [2.24, 2.45) is 5.41 Å². The maximum Gasteiger partial charge on any atom is 0.126 e. The second-order valence-corrected chi connectivity index (χ2v) is 4.91. The first-order valence-corrected chi connectivity index (χ1v) is 6.02. The minimum Gasteiger partial charge on any atom is -0.317 e. The summed E-state index contributed by atoms with van der Waals surface area (Å²) in [4.78, 5) is 0. The van der Waals surface area contributed by atoms with Gasteiger partial charge in [0, 0.05) is 0 Å². The second-order valence-electron chi connectivity index (χ2n) is 4.91. The number of aryl methyl sites for hydroxylation is 1. The van der Waals surface area contributed by atoms with Gasteiger partial charge in [-0.05, 0) is 56.5 Å². The summed E-state index contributed by atoms with van der Waals surface area (Å²) in [6, 6.07) is 7.66. The molecular weight excluding hydrogens is 251 g/mol. The quantitative estimate of drug-likeness (QED) is 0.895. The maximum absolute atomic E-state index is 13.8. The van der Waals surface area contributed by atoms with Crippen LogP contribution >= 0.6 is 12.4 Å². The fourth-order valence-electron chi connectivity index (χ4n) is 2.39. The molecule has 1 N–H and O–H groups in total. The second kappa shape index (κ2) is 6.17. The molecule has 1 aliphatic rings. The molecule has 2 nitrogen and oxygen atoms in total. The summed E-state index contributed by atoms with van der Waals surface area (Å²) in [6.45, 7) is 3.57. The van der Waals surface area contributed by atoms with E-state index in [1.165, 1.54) is 0 Å². The summed E-state index contributed by atoms with van der Waals surface area (Å²) in [7, 11) is 0. The molecule has 0 bridgehead atoms. The number of hydrogen-bond donors (Lipinski definition) is 1. The van der Waals surface area contributed by atoms with E-state index in [1.54, 1.807) is 6.07 Å². The highest BCUT2D eigenvalue weighted by molar-refractivity contribution is 5.85. The van der Waals surface area contributed by atoms with Gasteiger partial charge in [-0.25, -0.2) is 4.39 Å². The lowest BCUT2D eigenvalue weighted by Gasteiger charge is -2.31. The molecule has 0 aromatic heterocycles. The van der Waals surface area contributed by atoms with Gasteiger partial charge in [-0.3, -0.25) is 0 Å². The zero-order valence-electron chi connectivity index (χ0n) is 10.5. The van der Waals surface area contributed by atoms with Crippen LogP contribution in [-0.4, -0.2) is 13.1 Å². The summed E-state index contributed by atoms with van der Waals surface area (Å²) in [5.41, 5.74) is 1.20. The SMILES string of the molecule is Cc1ccc(CC2(C#N)CCNCC2)c(F)c1.Cl. The largest absolute Gasteiger partial charge is 0.317 e. The third-order valence-corrected chi connectivity index (χ3v) is 3.54. The first-order chi connectivity index (χ1) is 8.15. The van der Waals surface area contributed by atoms with Crippen LogP contribution in [-0.2, 0) is 6.42 Å². The van der Waals surface area contributed by atoms with Crippen molar-refractivity contribution in [3.05, 3.63) is 35.1 Å². The van der Waals surface area contributed by atoms with Gasteiger partial charge in [-0.2, -0.15) is 5.26 Å². The summed E-state index contributed by atoms with van der Waals surface area (Å²) < 4.78 is 13.8. The van der Waals surface area contributed by atoms with Crippen molar-refractivity contribution in [1.82, 2.24) is 5.32 Å². The Morgan fingerprint density at radius 3 is 2.61 bits per heavy atom. The molecule has 18 heavy (non-hydrogen) atoms. The average molecular weight is 269 g/mol. The molecule has 1 saturated heterocycles. The van der Waals surface area contributed by atoms with Crippen molar-refractivity contribution in [2.75, 3.05) is 13.1 Å². The van der Waals surface area contributed by atoms with Crippen molar-refractivity contribution in [1.29, 1.82) is 5.26 Å². The predicted molar refractivity (Wildman–Crippen MR) is 72.2 cm³/mol. The number of hydrogen-bond acceptors (Lipinski definition) is 2. The highest BCUT2D eigenvalue weighted by Gasteiger charge is 2.32. The lowest BCUT2D eigenvalue weighted by atomic mass is 9.75. The van der Waals surface area contributed by atoms with Gasteiger partial charge in [-0.1, -0.05) is 12.1 Å².